The molecule has 0 saturated carbocycles. The number of rotatable bonds is 7. The Morgan fingerprint density at radius 1 is 1.03 bits per heavy atom. The number of hydrogen-bond acceptors (Lipinski definition) is 6. The van der Waals surface area contributed by atoms with Crippen molar-refractivity contribution in [1.82, 2.24) is 4.90 Å². The predicted octanol–water partition coefficient (Wildman–Crippen LogP) is 2.66. The van der Waals surface area contributed by atoms with Gasteiger partial charge in [-0.25, -0.2) is 21.2 Å². The molecule has 1 fully saturated rings. The Bertz CT molecular complexity index is 1330. The Labute approximate surface area is 184 Å². The van der Waals surface area contributed by atoms with Crippen molar-refractivity contribution < 1.29 is 30.4 Å². The van der Waals surface area contributed by atoms with Crippen molar-refractivity contribution >= 4 is 31.5 Å². The van der Waals surface area contributed by atoms with E-state index in [1.165, 1.54) is 47.6 Å². The highest BCUT2D eigenvalue weighted by molar-refractivity contribution is 7.92. The van der Waals surface area contributed by atoms with Gasteiger partial charge < -0.3 is 9.32 Å². The average Bonchev–Trinajstić information content (AvgIpc) is 3.19. The number of carbonyl (C=O) groups is 1. The van der Waals surface area contributed by atoms with Crippen molar-refractivity contribution in [2.45, 2.75) is 15.9 Å². The molecule has 1 aliphatic heterocycles. The molecule has 1 saturated heterocycles. The molecule has 32 heavy (non-hydrogen) atoms. The van der Waals surface area contributed by atoms with Crippen LogP contribution in [0.2, 0.25) is 0 Å². The lowest BCUT2D eigenvalue weighted by Gasteiger charge is -2.38. The second-order valence-electron chi connectivity index (χ2n) is 7.36. The summed E-state index contributed by atoms with van der Waals surface area (Å²) in [7, 11) is -7.43. The number of sulfonamides is 1. The van der Waals surface area contributed by atoms with Gasteiger partial charge in [0.15, 0.2) is 9.84 Å². The lowest BCUT2D eigenvalue weighted by Crippen LogP contribution is -2.57. The van der Waals surface area contributed by atoms with E-state index in [2.05, 4.69) is 4.72 Å². The first-order valence-corrected chi connectivity index (χ1v) is 12.8. The maximum atomic E-state index is 13.3. The van der Waals surface area contributed by atoms with Crippen LogP contribution in [-0.2, 0) is 25.6 Å². The van der Waals surface area contributed by atoms with Gasteiger partial charge in [-0.2, -0.15) is 0 Å². The highest BCUT2D eigenvalue weighted by Crippen LogP contribution is 2.24. The lowest BCUT2D eigenvalue weighted by atomic mass is 10.1. The SMILES string of the molecule is O=C(c1ccc(NS(=O)(=O)c2cccc(F)c2)cc1)N1CC(S(=O)(=O)Cc2ccco2)C1. The van der Waals surface area contributed by atoms with Crippen molar-refractivity contribution in [2.75, 3.05) is 17.8 Å². The Hall–Kier alpha value is -3.18. The van der Waals surface area contributed by atoms with Crippen molar-refractivity contribution in [3.8, 4) is 0 Å². The molecule has 2 heterocycles. The Balaban J connectivity index is 1.37. The molecule has 0 bridgehead atoms. The zero-order chi connectivity index (χ0) is 22.9. The van der Waals surface area contributed by atoms with E-state index in [-0.39, 0.29) is 35.3 Å². The molecule has 8 nitrogen and oxygen atoms in total. The van der Waals surface area contributed by atoms with Crippen LogP contribution in [0.5, 0.6) is 0 Å². The van der Waals surface area contributed by atoms with E-state index in [9.17, 15) is 26.0 Å². The Kier molecular flexibility index (Phi) is 5.78. The normalized spacial score (nSPS) is 14.7. The second kappa shape index (κ2) is 8.40. The van der Waals surface area contributed by atoms with Crippen molar-refractivity contribution in [1.29, 1.82) is 0 Å². The van der Waals surface area contributed by atoms with E-state index in [0.717, 1.165) is 12.1 Å². The third-order valence-corrected chi connectivity index (χ3v) is 8.44. The molecule has 4 rings (SSSR count). The lowest BCUT2D eigenvalue weighted by molar-refractivity contribution is 0.0659. The largest absolute Gasteiger partial charge is 0.468 e. The number of hydrogen-bond donors (Lipinski definition) is 1. The summed E-state index contributed by atoms with van der Waals surface area (Å²) >= 11 is 0. The number of anilines is 1. The number of likely N-dealkylation sites (tertiary alicyclic amines) is 1. The van der Waals surface area contributed by atoms with Gasteiger partial charge in [0.1, 0.15) is 17.3 Å². The molecule has 3 aromatic rings. The van der Waals surface area contributed by atoms with Crippen molar-refractivity contribution in [3.05, 3.63) is 84.1 Å². The van der Waals surface area contributed by atoms with Crippen LogP contribution < -0.4 is 4.72 Å². The van der Waals surface area contributed by atoms with Crippen LogP contribution in [0.1, 0.15) is 16.1 Å². The number of amides is 1. The number of nitrogens with one attached hydrogen (secondary N) is 1. The molecular formula is C21H19FN2O6S2. The summed E-state index contributed by atoms with van der Waals surface area (Å²) in [5, 5.41) is -0.658. The van der Waals surface area contributed by atoms with Crippen LogP contribution in [0, 0.1) is 5.82 Å². The molecule has 1 N–H and O–H groups in total. The zero-order valence-corrected chi connectivity index (χ0v) is 18.3. The first-order valence-electron chi connectivity index (χ1n) is 9.56. The Morgan fingerprint density at radius 2 is 1.75 bits per heavy atom. The Morgan fingerprint density at radius 3 is 2.38 bits per heavy atom. The maximum Gasteiger partial charge on any atom is 0.261 e. The van der Waals surface area contributed by atoms with Gasteiger partial charge in [0.2, 0.25) is 0 Å². The van der Waals surface area contributed by atoms with Crippen LogP contribution in [0.15, 0.2) is 76.2 Å². The van der Waals surface area contributed by atoms with E-state index in [0.29, 0.717) is 11.3 Å². The minimum absolute atomic E-state index is 0.0792. The van der Waals surface area contributed by atoms with Gasteiger partial charge in [0.25, 0.3) is 15.9 Å². The van der Waals surface area contributed by atoms with Gasteiger partial charge in [-0.05, 0) is 54.6 Å². The molecule has 1 aliphatic rings. The molecule has 0 aliphatic carbocycles. The molecule has 0 spiro atoms. The number of halogens is 1. The smallest absolute Gasteiger partial charge is 0.261 e. The topological polar surface area (TPSA) is 114 Å². The molecule has 0 radical (unpaired) electrons. The standard InChI is InChI=1S/C21H19FN2O6S2/c22-16-3-1-5-19(11-16)32(28,29)23-17-8-6-15(7-9-17)21(25)24-12-20(13-24)31(26,27)14-18-4-2-10-30-18/h1-11,20,23H,12-14H2. The predicted molar refractivity (Wildman–Crippen MR) is 115 cm³/mol. The molecule has 1 amide bonds. The quantitative estimate of drug-likeness (QED) is 0.559. The number of furan rings is 1. The van der Waals surface area contributed by atoms with E-state index < -0.39 is 30.9 Å². The van der Waals surface area contributed by atoms with Crippen LogP contribution in [0.25, 0.3) is 0 Å². The molecule has 1 aromatic heterocycles. The van der Waals surface area contributed by atoms with Gasteiger partial charge in [-0.3, -0.25) is 9.52 Å². The number of sulfone groups is 1. The fourth-order valence-electron chi connectivity index (χ4n) is 3.25. The van der Waals surface area contributed by atoms with E-state index in [1.54, 1.807) is 12.1 Å². The first-order chi connectivity index (χ1) is 15.1. The van der Waals surface area contributed by atoms with Gasteiger partial charge in [0.05, 0.1) is 16.4 Å². The van der Waals surface area contributed by atoms with Crippen molar-refractivity contribution in [2.24, 2.45) is 0 Å². The van der Waals surface area contributed by atoms with Crippen LogP contribution >= 0.6 is 0 Å². The minimum atomic E-state index is -3.98. The summed E-state index contributed by atoms with van der Waals surface area (Å²) in [5.41, 5.74) is 0.494. The molecule has 11 heteroatoms. The molecule has 0 atom stereocenters. The molecule has 168 valence electrons. The second-order valence-corrected chi connectivity index (χ2v) is 11.3. The van der Waals surface area contributed by atoms with Crippen molar-refractivity contribution in [3.63, 3.8) is 0 Å². The van der Waals surface area contributed by atoms with Crippen LogP contribution in [-0.4, -0.2) is 46.0 Å². The summed E-state index contributed by atoms with van der Waals surface area (Å²) < 4.78 is 70.3. The number of nitrogens with zero attached hydrogens (tertiary/aromatic N) is 1. The summed E-state index contributed by atoms with van der Waals surface area (Å²) in [5.74, 6) is -0.889. The third kappa shape index (κ3) is 4.68. The maximum absolute atomic E-state index is 13.3. The summed E-state index contributed by atoms with van der Waals surface area (Å²) in [6.45, 7) is 0.158. The summed E-state index contributed by atoms with van der Waals surface area (Å²) in [4.78, 5) is 13.8. The highest BCUT2D eigenvalue weighted by Gasteiger charge is 2.40. The number of benzene rings is 2. The fraction of sp³-hybridized carbons (Fsp3) is 0.190. The zero-order valence-electron chi connectivity index (χ0n) is 16.6. The summed E-state index contributed by atoms with van der Waals surface area (Å²) in [6.07, 6.45) is 1.41. The molecule has 0 unspecified atom stereocenters. The van der Waals surface area contributed by atoms with E-state index >= 15 is 0 Å². The van der Waals surface area contributed by atoms with E-state index in [1.807, 2.05) is 0 Å². The van der Waals surface area contributed by atoms with Gasteiger partial charge in [-0.15, -0.1) is 0 Å². The number of carbonyl (C=O) groups excluding carboxylic acids is 1. The summed E-state index contributed by atoms with van der Waals surface area (Å²) in [6, 6.07) is 13.5. The third-order valence-electron chi connectivity index (χ3n) is 5.06. The van der Waals surface area contributed by atoms with Gasteiger partial charge in [0, 0.05) is 24.3 Å². The molecule has 2 aromatic carbocycles. The van der Waals surface area contributed by atoms with E-state index in [4.69, 9.17) is 4.42 Å². The first kappa shape index (κ1) is 22.0. The van der Waals surface area contributed by atoms with Crippen LogP contribution in [0.4, 0.5) is 10.1 Å². The van der Waals surface area contributed by atoms with Gasteiger partial charge >= 0.3 is 0 Å². The monoisotopic (exact) mass is 478 g/mol. The minimum Gasteiger partial charge on any atom is -0.468 e. The van der Waals surface area contributed by atoms with Crippen LogP contribution in [0.3, 0.4) is 0 Å². The average molecular weight is 479 g/mol. The highest BCUT2D eigenvalue weighted by atomic mass is 32.2. The fourth-order valence-corrected chi connectivity index (χ4v) is 5.95. The van der Waals surface area contributed by atoms with Gasteiger partial charge in [-0.1, -0.05) is 6.07 Å². The molecular weight excluding hydrogens is 459 g/mol.